The Bertz CT molecular complexity index is 392. The monoisotopic (exact) mass is 303 g/mol. The Balaban J connectivity index is 0.00000400. The van der Waals surface area contributed by atoms with Gasteiger partial charge in [0, 0.05) is 36.0 Å². The van der Waals surface area contributed by atoms with Gasteiger partial charge in [0.15, 0.2) is 0 Å². The second-order valence-corrected chi connectivity index (χ2v) is 4.93. The molecule has 0 aliphatic rings. The largest absolute Gasteiger partial charge is 0.494 e. The van der Waals surface area contributed by atoms with E-state index in [9.17, 15) is 9.90 Å². The van der Waals surface area contributed by atoms with E-state index in [4.69, 9.17) is 9.84 Å². The zero-order valence-corrected chi connectivity index (χ0v) is 15.0. The molecule has 1 atom stereocenters. The van der Waals surface area contributed by atoms with Gasteiger partial charge in [0.1, 0.15) is 5.75 Å². The predicted octanol–water partition coefficient (Wildman–Crippen LogP) is 3.16. The quantitative estimate of drug-likeness (QED) is 0.514. The molecule has 2 N–H and O–H groups in total. The van der Waals surface area contributed by atoms with Gasteiger partial charge >= 0.3 is 5.97 Å². The molecule has 4 nitrogen and oxygen atoms in total. The number of ether oxygens (including phenoxy) is 1. The predicted molar refractivity (Wildman–Crippen MR) is 83.7 cm³/mol. The van der Waals surface area contributed by atoms with Gasteiger partial charge in [-0.05, 0) is 30.5 Å². The number of hydrogen-bond acceptors (Lipinski definition) is 3. The summed E-state index contributed by atoms with van der Waals surface area (Å²) in [4.78, 5) is 10.5. The molecule has 0 amide bonds. The van der Waals surface area contributed by atoms with Crippen LogP contribution in [-0.4, -0.2) is 52.3 Å². The summed E-state index contributed by atoms with van der Waals surface area (Å²) in [6.07, 6.45) is 4.15. The fourth-order valence-corrected chi connectivity index (χ4v) is 1.93. The third-order valence-electron chi connectivity index (χ3n) is 3.16. The van der Waals surface area contributed by atoms with Gasteiger partial charge in [0.05, 0.1) is 12.7 Å². The van der Waals surface area contributed by atoms with Gasteiger partial charge in [-0.15, -0.1) is 0 Å². The van der Waals surface area contributed by atoms with Gasteiger partial charge in [0.2, 0.25) is 0 Å². The van der Waals surface area contributed by atoms with E-state index in [2.05, 4.69) is 6.92 Å². The number of benzene rings is 1. The maximum Gasteiger partial charge on any atom is 0.303 e. The van der Waals surface area contributed by atoms with Crippen LogP contribution in [0.2, 0.25) is 0 Å². The summed E-state index contributed by atoms with van der Waals surface area (Å²) in [5.41, 5.74) is 0.726. The van der Waals surface area contributed by atoms with Crippen molar-refractivity contribution in [2.75, 3.05) is 6.61 Å². The average Bonchev–Trinajstić information content (AvgIpc) is 2.45. The first kappa shape index (κ1) is 20.5. The van der Waals surface area contributed by atoms with Gasteiger partial charge in [0.25, 0.3) is 0 Å². The SMILES string of the molecule is CCCCCCOc1ccc(C(O)CCC(=O)O)cc1.[Na]. The number of aliphatic hydroxyl groups is 1. The van der Waals surface area contributed by atoms with Crippen LogP contribution in [0.3, 0.4) is 0 Å². The Morgan fingerprint density at radius 3 is 2.43 bits per heavy atom. The molecular formula is C16H24NaO4. The third kappa shape index (κ3) is 9.14. The van der Waals surface area contributed by atoms with E-state index >= 15 is 0 Å². The minimum Gasteiger partial charge on any atom is -0.494 e. The molecule has 0 aliphatic heterocycles. The molecule has 0 spiro atoms. The maximum atomic E-state index is 10.5. The van der Waals surface area contributed by atoms with Crippen LogP contribution >= 0.6 is 0 Å². The molecule has 0 aromatic heterocycles. The Morgan fingerprint density at radius 2 is 1.86 bits per heavy atom. The maximum absolute atomic E-state index is 10.5. The second kappa shape index (κ2) is 12.0. The van der Waals surface area contributed by atoms with Gasteiger partial charge in [-0.2, -0.15) is 0 Å². The van der Waals surface area contributed by atoms with E-state index in [1.807, 2.05) is 12.1 Å². The van der Waals surface area contributed by atoms with E-state index in [1.54, 1.807) is 12.1 Å². The van der Waals surface area contributed by atoms with Crippen molar-refractivity contribution in [3.05, 3.63) is 29.8 Å². The van der Waals surface area contributed by atoms with Crippen molar-refractivity contribution in [2.45, 2.75) is 51.6 Å². The van der Waals surface area contributed by atoms with E-state index in [-0.39, 0.29) is 42.4 Å². The van der Waals surface area contributed by atoms with Crippen molar-refractivity contribution in [3.63, 3.8) is 0 Å². The molecule has 1 rings (SSSR count). The first-order valence-corrected chi connectivity index (χ1v) is 7.26. The molecule has 0 bridgehead atoms. The van der Waals surface area contributed by atoms with Crippen molar-refractivity contribution in [1.29, 1.82) is 0 Å². The van der Waals surface area contributed by atoms with Crippen LogP contribution in [0.5, 0.6) is 5.75 Å². The Morgan fingerprint density at radius 1 is 1.19 bits per heavy atom. The summed E-state index contributed by atoms with van der Waals surface area (Å²) < 4.78 is 5.61. The Hall–Kier alpha value is -0.550. The van der Waals surface area contributed by atoms with Gasteiger partial charge in [-0.1, -0.05) is 38.3 Å². The van der Waals surface area contributed by atoms with Crippen LogP contribution in [-0.2, 0) is 4.79 Å². The first-order chi connectivity index (χ1) is 9.63. The second-order valence-electron chi connectivity index (χ2n) is 4.93. The summed E-state index contributed by atoms with van der Waals surface area (Å²) in [5.74, 6) is -0.105. The standard InChI is InChI=1S/C16H24O4.Na/c1-2-3-4-5-12-20-14-8-6-13(7-9-14)15(17)10-11-16(18)19;/h6-9,15,17H,2-5,10-12H2,1H3,(H,18,19);. The van der Waals surface area contributed by atoms with E-state index in [1.165, 1.54) is 19.3 Å². The molecule has 0 saturated heterocycles. The number of carboxylic acids is 1. The van der Waals surface area contributed by atoms with Gasteiger partial charge in [-0.3, -0.25) is 4.79 Å². The van der Waals surface area contributed by atoms with E-state index < -0.39 is 12.1 Å². The number of aliphatic carboxylic acids is 1. The topological polar surface area (TPSA) is 66.8 Å². The molecule has 0 heterocycles. The Labute approximate surface area is 148 Å². The zero-order chi connectivity index (χ0) is 14.8. The Kier molecular flexibility index (Phi) is 11.7. The fraction of sp³-hybridized carbons (Fsp3) is 0.562. The summed E-state index contributed by atoms with van der Waals surface area (Å²) in [6.45, 7) is 2.89. The number of unbranched alkanes of at least 4 members (excludes halogenated alkanes) is 3. The molecule has 1 radical (unpaired) electrons. The molecule has 1 unspecified atom stereocenters. The number of rotatable bonds is 10. The molecule has 0 saturated carbocycles. The number of carboxylic acid groups (broad SMARTS) is 1. The summed E-state index contributed by atoms with van der Waals surface area (Å²) in [7, 11) is 0. The van der Waals surface area contributed by atoms with Crippen LogP contribution in [0.25, 0.3) is 0 Å². The summed E-state index contributed by atoms with van der Waals surface area (Å²) >= 11 is 0. The van der Waals surface area contributed by atoms with Crippen molar-refractivity contribution < 1.29 is 19.7 Å². The van der Waals surface area contributed by atoms with Crippen LogP contribution < -0.4 is 4.74 Å². The normalized spacial score (nSPS) is 11.5. The number of carbonyl (C=O) groups is 1. The molecule has 0 fully saturated rings. The smallest absolute Gasteiger partial charge is 0.303 e. The van der Waals surface area contributed by atoms with Crippen molar-refractivity contribution in [1.82, 2.24) is 0 Å². The summed E-state index contributed by atoms with van der Waals surface area (Å²) in [6, 6.07) is 7.21. The number of hydrogen-bond donors (Lipinski definition) is 2. The van der Waals surface area contributed by atoms with Crippen molar-refractivity contribution >= 4 is 35.5 Å². The van der Waals surface area contributed by atoms with Crippen LogP contribution in [0, 0.1) is 0 Å². The molecule has 1 aromatic rings. The van der Waals surface area contributed by atoms with Crippen LogP contribution in [0.1, 0.15) is 57.1 Å². The third-order valence-corrected chi connectivity index (χ3v) is 3.16. The van der Waals surface area contributed by atoms with Crippen molar-refractivity contribution in [2.24, 2.45) is 0 Å². The van der Waals surface area contributed by atoms with Gasteiger partial charge < -0.3 is 14.9 Å². The molecule has 1 aromatic carbocycles. The zero-order valence-electron chi connectivity index (χ0n) is 13.0. The van der Waals surface area contributed by atoms with Gasteiger partial charge in [-0.25, -0.2) is 0 Å². The minimum absolute atomic E-state index is 0. The van der Waals surface area contributed by atoms with Crippen LogP contribution in [0.15, 0.2) is 24.3 Å². The van der Waals surface area contributed by atoms with Crippen molar-refractivity contribution in [3.8, 4) is 5.75 Å². The van der Waals surface area contributed by atoms with Crippen LogP contribution in [0.4, 0.5) is 0 Å². The first-order valence-electron chi connectivity index (χ1n) is 7.26. The fourth-order valence-electron chi connectivity index (χ4n) is 1.93. The molecule has 5 heteroatoms. The minimum atomic E-state index is -0.893. The molecule has 113 valence electrons. The van der Waals surface area contributed by atoms with E-state index in [0.717, 1.165) is 17.7 Å². The average molecular weight is 303 g/mol. The molecular weight excluding hydrogens is 279 g/mol. The molecule has 0 aliphatic carbocycles. The van der Waals surface area contributed by atoms with E-state index in [0.29, 0.717) is 6.61 Å². The summed E-state index contributed by atoms with van der Waals surface area (Å²) in [5, 5.41) is 18.4. The number of aliphatic hydroxyl groups excluding tert-OH is 1. The molecule has 21 heavy (non-hydrogen) atoms.